The molecule has 0 radical (unpaired) electrons. The molecule has 0 bridgehead atoms. The Labute approximate surface area is 119 Å². The van der Waals surface area contributed by atoms with Crippen LogP contribution < -0.4 is 9.29 Å². The summed E-state index contributed by atoms with van der Waals surface area (Å²) in [5.74, 6) is 1.24. The van der Waals surface area contributed by atoms with Crippen molar-refractivity contribution < 1.29 is 9.13 Å². The molecule has 0 amide bonds. The van der Waals surface area contributed by atoms with Gasteiger partial charge in [0.1, 0.15) is 12.4 Å². The van der Waals surface area contributed by atoms with E-state index in [1.807, 2.05) is 0 Å². The van der Waals surface area contributed by atoms with Gasteiger partial charge in [-0.05, 0) is 31.4 Å². The summed E-state index contributed by atoms with van der Waals surface area (Å²) in [4.78, 5) is 2.41. The highest BCUT2D eigenvalue weighted by Crippen LogP contribution is 2.36. The van der Waals surface area contributed by atoms with Crippen molar-refractivity contribution in [3.63, 3.8) is 0 Å². The van der Waals surface area contributed by atoms with E-state index < -0.39 is 0 Å². The van der Waals surface area contributed by atoms with Crippen LogP contribution in [0.2, 0.25) is 0 Å². The van der Waals surface area contributed by atoms with Crippen molar-refractivity contribution in [3.05, 3.63) is 36.2 Å². The second-order valence-electron chi connectivity index (χ2n) is 5.71. The molecule has 1 aromatic heterocycles. The highest BCUT2D eigenvalue weighted by molar-refractivity contribution is 6.49. The molecule has 0 saturated carbocycles. The lowest BCUT2D eigenvalue weighted by atomic mass is 9.87. The number of anilines is 1. The van der Waals surface area contributed by atoms with Gasteiger partial charge in [-0.1, -0.05) is 12.1 Å². The zero-order valence-corrected chi connectivity index (χ0v) is 12.0. The normalized spacial score (nSPS) is 17.3. The first kappa shape index (κ1) is 12.0. The Hall–Kier alpha value is -1.75. The number of nitrogens with zero attached hydrogens (tertiary/aromatic N) is 3. The average molecular weight is 268 g/mol. The molecule has 1 fully saturated rings. The maximum atomic E-state index is 6.12. The minimum absolute atomic E-state index is 0.00278. The molecule has 0 aliphatic carbocycles. The number of aromatic nitrogens is 2. The highest BCUT2D eigenvalue weighted by atomic mass is 16.5. The average Bonchev–Trinajstić information content (AvgIpc) is 2.69. The van der Waals surface area contributed by atoms with Crippen LogP contribution in [0.5, 0.6) is 0 Å². The number of benzene rings is 1. The Morgan fingerprint density at radius 3 is 3.10 bits per heavy atom. The topological polar surface area (TPSA) is 21.3 Å². The molecule has 0 N–H and O–H groups in total. The van der Waals surface area contributed by atoms with Gasteiger partial charge in [0, 0.05) is 18.8 Å². The Balaban J connectivity index is 2.00. The summed E-state index contributed by atoms with van der Waals surface area (Å²) in [6.07, 6.45) is 6.57. The maximum absolute atomic E-state index is 6.12. The molecule has 0 atom stereocenters. The van der Waals surface area contributed by atoms with Gasteiger partial charge in [0.25, 0.3) is 5.82 Å². The van der Waals surface area contributed by atoms with Crippen molar-refractivity contribution in [2.75, 3.05) is 18.0 Å². The molecule has 3 heterocycles. The molecule has 20 heavy (non-hydrogen) atoms. The summed E-state index contributed by atoms with van der Waals surface area (Å²) < 4.78 is 10.6. The zero-order chi connectivity index (χ0) is 13.7. The second kappa shape index (κ2) is 4.38. The predicted molar refractivity (Wildman–Crippen MR) is 79.5 cm³/mol. The van der Waals surface area contributed by atoms with E-state index in [1.165, 1.54) is 29.1 Å². The quantitative estimate of drug-likeness (QED) is 0.679. The molecule has 0 spiro atoms. The van der Waals surface area contributed by atoms with Crippen molar-refractivity contribution in [2.45, 2.75) is 19.8 Å². The van der Waals surface area contributed by atoms with Crippen LogP contribution >= 0.6 is 0 Å². The van der Waals surface area contributed by atoms with Crippen LogP contribution in [-0.2, 0) is 11.7 Å². The molecule has 5 heteroatoms. The van der Waals surface area contributed by atoms with Gasteiger partial charge in [0.15, 0.2) is 0 Å². The van der Waals surface area contributed by atoms with Crippen molar-refractivity contribution in [3.8, 4) is 11.4 Å². The largest absolute Gasteiger partial charge is 0.679 e. The first-order chi connectivity index (χ1) is 9.77. The third kappa shape index (κ3) is 1.56. The number of aryl methyl sites for hydroxylation is 2. The molecule has 102 valence electrons. The highest BCUT2D eigenvalue weighted by Gasteiger charge is 2.46. The fraction of sp³-hybridized carbons (Fsp3) is 0.400. The van der Waals surface area contributed by atoms with E-state index in [1.54, 1.807) is 0 Å². The number of fused-ring (bicyclic) bond motifs is 6. The van der Waals surface area contributed by atoms with E-state index in [-0.39, 0.29) is 7.19 Å². The molecule has 2 aliphatic rings. The fourth-order valence-electron chi connectivity index (χ4n) is 3.40. The molecule has 2 aliphatic heterocycles. The monoisotopic (exact) mass is 268 g/mol. The van der Waals surface area contributed by atoms with Gasteiger partial charge in [0.05, 0.1) is 12.6 Å². The van der Waals surface area contributed by atoms with Crippen LogP contribution in [0, 0.1) is 6.92 Å². The Bertz CT molecular complexity index is 667. The van der Waals surface area contributed by atoms with Gasteiger partial charge in [0.2, 0.25) is 0 Å². The summed E-state index contributed by atoms with van der Waals surface area (Å²) in [6.45, 7) is 4.08. The van der Waals surface area contributed by atoms with Gasteiger partial charge in [-0.25, -0.2) is 9.05 Å². The molecule has 2 aromatic rings. The van der Waals surface area contributed by atoms with E-state index >= 15 is 0 Å². The van der Waals surface area contributed by atoms with Gasteiger partial charge in [-0.15, -0.1) is 0 Å². The molecule has 0 unspecified atom stereocenters. The summed E-state index contributed by atoms with van der Waals surface area (Å²) in [5, 5.41) is 0. The van der Waals surface area contributed by atoms with Crippen molar-refractivity contribution in [1.29, 1.82) is 0 Å². The standard InChI is InChI=1S/C15H19BN3O/c1-12-6-5-7-13-14(12)15-17(2)9-10-19(15)16-18(13)8-3-4-11-20-16/h5-7,9-10H,3-4,8,11H2,1-2H3/q+1. The number of imidazole rings is 1. The Morgan fingerprint density at radius 1 is 1.30 bits per heavy atom. The van der Waals surface area contributed by atoms with Gasteiger partial charge >= 0.3 is 7.19 Å². The first-order valence-electron chi connectivity index (χ1n) is 7.32. The lowest BCUT2D eigenvalue weighted by molar-refractivity contribution is -0.540. The second-order valence-corrected chi connectivity index (χ2v) is 5.71. The fourth-order valence-corrected chi connectivity index (χ4v) is 3.40. The van der Waals surface area contributed by atoms with E-state index in [2.05, 4.69) is 58.4 Å². The van der Waals surface area contributed by atoms with Crippen molar-refractivity contribution >= 4 is 12.9 Å². The zero-order valence-electron chi connectivity index (χ0n) is 12.0. The van der Waals surface area contributed by atoms with Crippen LogP contribution in [0.4, 0.5) is 5.69 Å². The predicted octanol–water partition coefficient (Wildman–Crippen LogP) is 1.75. The number of hydrogen-bond acceptors (Lipinski definition) is 2. The Kier molecular flexibility index (Phi) is 2.64. The van der Waals surface area contributed by atoms with E-state index in [9.17, 15) is 0 Å². The third-order valence-corrected chi connectivity index (χ3v) is 4.38. The minimum Gasteiger partial charge on any atom is -0.376 e. The van der Waals surface area contributed by atoms with E-state index in [0.717, 1.165) is 19.6 Å². The summed E-state index contributed by atoms with van der Waals surface area (Å²) in [7, 11) is 2.11. The van der Waals surface area contributed by atoms with Crippen molar-refractivity contribution in [1.82, 2.24) is 4.57 Å². The lowest BCUT2D eigenvalue weighted by Crippen LogP contribution is -2.66. The molecular weight excluding hydrogens is 249 g/mol. The van der Waals surface area contributed by atoms with Crippen LogP contribution in [0.3, 0.4) is 0 Å². The van der Waals surface area contributed by atoms with Crippen LogP contribution in [0.1, 0.15) is 18.4 Å². The van der Waals surface area contributed by atoms with Crippen LogP contribution in [0.15, 0.2) is 30.6 Å². The van der Waals surface area contributed by atoms with E-state index in [0.29, 0.717) is 0 Å². The summed E-state index contributed by atoms with van der Waals surface area (Å²) >= 11 is 0. The molecule has 1 saturated heterocycles. The van der Waals surface area contributed by atoms with Crippen LogP contribution in [0.25, 0.3) is 11.4 Å². The maximum Gasteiger partial charge on any atom is 0.679 e. The minimum atomic E-state index is 0.00278. The summed E-state index contributed by atoms with van der Waals surface area (Å²) in [5.41, 5.74) is 3.96. The number of hydrogen-bond donors (Lipinski definition) is 0. The Morgan fingerprint density at radius 2 is 2.20 bits per heavy atom. The molecular formula is C15H19BN3O+. The van der Waals surface area contributed by atoms with Gasteiger partial charge in [-0.3, -0.25) is 0 Å². The van der Waals surface area contributed by atoms with Crippen LogP contribution in [-0.4, -0.2) is 24.9 Å². The van der Waals surface area contributed by atoms with Crippen molar-refractivity contribution in [2.24, 2.45) is 7.05 Å². The smallest absolute Gasteiger partial charge is 0.376 e. The summed E-state index contributed by atoms with van der Waals surface area (Å²) in [6, 6.07) is 6.56. The molecule has 1 aromatic carbocycles. The van der Waals surface area contributed by atoms with E-state index in [4.69, 9.17) is 4.65 Å². The molecule has 4 rings (SSSR count). The van der Waals surface area contributed by atoms with Gasteiger partial charge < -0.3 is 9.47 Å². The van der Waals surface area contributed by atoms with Gasteiger partial charge in [-0.2, -0.15) is 0 Å². The molecule has 4 nitrogen and oxygen atoms in total. The SMILES string of the molecule is Cc1cccc2c1-c1n(C)cc[n+]1B1OCCCCN12. The first-order valence-corrected chi connectivity index (χ1v) is 7.32. The number of rotatable bonds is 0. The lowest BCUT2D eigenvalue weighted by Gasteiger charge is -2.31. The third-order valence-electron chi connectivity index (χ3n) is 4.38.